The first kappa shape index (κ1) is 19.4. The molecule has 28 heavy (non-hydrogen) atoms. The van der Waals surface area contributed by atoms with Crippen molar-refractivity contribution >= 4 is 34.8 Å². The van der Waals surface area contributed by atoms with Crippen molar-refractivity contribution in [3.63, 3.8) is 0 Å². The van der Waals surface area contributed by atoms with Crippen LogP contribution in [0.25, 0.3) is 0 Å². The van der Waals surface area contributed by atoms with E-state index in [2.05, 4.69) is 10.6 Å². The smallest absolute Gasteiger partial charge is 0.258 e. The third kappa shape index (κ3) is 4.13. The number of aryl methyl sites for hydroxylation is 1. The first-order chi connectivity index (χ1) is 13.4. The van der Waals surface area contributed by atoms with E-state index < -0.39 is 17.6 Å². The molecule has 0 radical (unpaired) electrons. The molecule has 3 aromatic rings. The maximum atomic E-state index is 13.9. The molecule has 0 unspecified atom stereocenters. The molecular weight excluding hydrogens is 383 g/mol. The molecule has 3 rings (SSSR count). The highest BCUT2D eigenvalue weighted by atomic mass is 35.5. The van der Waals surface area contributed by atoms with Crippen LogP contribution in [0.1, 0.15) is 26.3 Å². The highest BCUT2D eigenvalue weighted by Gasteiger charge is 2.19. The molecule has 0 fully saturated rings. The van der Waals surface area contributed by atoms with Gasteiger partial charge in [0, 0.05) is 5.02 Å². The molecule has 2 amide bonds. The van der Waals surface area contributed by atoms with Gasteiger partial charge in [0.05, 0.1) is 22.5 Å². The van der Waals surface area contributed by atoms with E-state index in [0.717, 1.165) is 0 Å². The van der Waals surface area contributed by atoms with Crippen LogP contribution in [0.15, 0.2) is 60.7 Å². The zero-order chi connectivity index (χ0) is 20.3. The quantitative estimate of drug-likeness (QED) is 0.541. The van der Waals surface area contributed by atoms with Gasteiger partial charge in [-0.25, -0.2) is 4.39 Å². The summed E-state index contributed by atoms with van der Waals surface area (Å²) in [5.41, 5.74) is 1.02. The Labute approximate surface area is 165 Å². The number of halogens is 2. The molecule has 0 aromatic heterocycles. The Morgan fingerprint density at radius 2 is 1.61 bits per heavy atom. The summed E-state index contributed by atoms with van der Waals surface area (Å²) >= 11 is 5.90. The van der Waals surface area contributed by atoms with Crippen LogP contribution in [0.3, 0.4) is 0 Å². The van der Waals surface area contributed by atoms with E-state index in [1.165, 1.54) is 42.5 Å². The number of hydrogen-bond acceptors (Lipinski definition) is 3. The number of aromatic hydroxyl groups is 1. The fourth-order valence-electron chi connectivity index (χ4n) is 2.65. The van der Waals surface area contributed by atoms with Crippen LogP contribution in [-0.2, 0) is 0 Å². The number of carbonyl (C=O) groups is 2. The van der Waals surface area contributed by atoms with Crippen LogP contribution in [0.4, 0.5) is 15.8 Å². The van der Waals surface area contributed by atoms with E-state index in [4.69, 9.17) is 11.6 Å². The van der Waals surface area contributed by atoms with E-state index in [1.54, 1.807) is 25.1 Å². The van der Waals surface area contributed by atoms with Gasteiger partial charge < -0.3 is 15.7 Å². The van der Waals surface area contributed by atoms with Crippen molar-refractivity contribution in [2.75, 3.05) is 10.6 Å². The SMILES string of the molecule is Cc1cccc(C(=O)Nc2cc(Cl)ccc2O)c1NC(=O)c1ccccc1F. The van der Waals surface area contributed by atoms with Gasteiger partial charge in [-0.1, -0.05) is 35.9 Å². The Bertz CT molecular complexity index is 1070. The summed E-state index contributed by atoms with van der Waals surface area (Å²) in [5, 5.41) is 15.4. The zero-order valence-electron chi connectivity index (χ0n) is 14.8. The monoisotopic (exact) mass is 398 g/mol. The number of para-hydroxylation sites is 1. The largest absolute Gasteiger partial charge is 0.506 e. The van der Waals surface area contributed by atoms with Gasteiger partial charge in [-0.15, -0.1) is 0 Å². The molecule has 0 aliphatic heterocycles. The average molecular weight is 399 g/mol. The van der Waals surface area contributed by atoms with Crippen molar-refractivity contribution in [2.24, 2.45) is 0 Å². The lowest BCUT2D eigenvalue weighted by Crippen LogP contribution is -2.20. The van der Waals surface area contributed by atoms with Crippen molar-refractivity contribution < 1.29 is 19.1 Å². The molecule has 7 heteroatoms. The standard InChI is InChI=1S/C21H16ClFN2O3/c1-12-5-4-7-15(21(28)24-17-11-13(22)9-10-18(17)26)19(12)25-20(27)14-6-2-3-8-16(14)23/h2-11,26H,1H3,(H,24,28)(H,25,27). The lowest BCUT2D eigenvalue weighted by atomic mass is 10.1. The maximum absolute atomic E-state index is 13.9. The minimum Gasteiger partial charge on any atom is -0.506 e. The fourth-order valence-corrected chi connectivity index (χ4v) is 2.82. The predicted octanol–water partition coefficient (Wildman–Crippen LogP) is 5.00. The third-order valence-corrected chi connectivity index (χ3v) is 4.32. The van der Waals surface area contributed by atoms with Gasteiger partial charge in [-0.05, 0) is 48.9 Å². The van der Waals surface area contributed by atoms with E-state index in [1.807, 2.05) is 0 Å². The van der Waals surface area contributed by atoms with E-state index in [9.17, 15) is 19.1 Å². The van der Waals surface area contributed by atoms with Gasteiger partial charge in [0.2, 0.25) is 0 Å². The minimum atomic E-state index is -0.674. The molecule has 0 aliphatic carbocycles. The molecule has 0 spiro atoms. The fraction of sp³-hybridized carbons (Fsp3) is 0.0476. The van der Waals surface area contributed by atoms with Crippen LogP contribution < -0.4 is 10.6 Å². The van der Waals surface area contributed by atoms with Crippen molar-refractivity contribution in [1.29, 1.82) is 0 Å². The highest BCUT2D eigenvalue weighted by molar-refractivity contribution is 6.31. The summed E-state index contributed by atoms with van der Waals surface area (Å²) < 4.78 is 13.9. The number of phenolic OH excluding ortho intramolecular Hbond substituents is 1. The van der Waals surface area contributed by atoms with Crippen molar-refractivity contribution in [1.82, 2.24) is 0 Å². The second kappa shape index (κ2) is 8.10. The number of carbonyl (C=O) groups excluding carboxylic acids is 2. The number of anilines is 2. The topological polar surface area (TPSA) is 78.4 Å². The number of phenols is 1. The number of rotatable bonds is 4. The Balaban J connectivity index is 1.92. The van der Waals surface area contributed by atoms with Gasteiger partial charge in [0.15, 0.2) is 0 Å². The first-order valence-corrected chi connectivity index (χ1v) is 8.70. The van der Waals surface area contributed by atoms with Crippen LogP contribution >= 0.6 is 11.6 Å². The van der Waals surface area contributed by atoms with E-state index in [-0.39, 0.29) is 28.3 Å². The molecule has 0 saturated heterocycles. The van der Waals surface area contributed by atoms with Gasteiger partial charge in [-0.2, -0.15) is 0 Å². The molecule has 0 atom stereocenters. The lowest BCUT2D eigenvalue weighted by Gasteiger charge is -2.15. The molecular formula is C21H16ClFN2O3. The number of hydrogen-bond donors (Lipinski definition) is 3. The highest BCUT2D eigenvalue weighted by Crippen LogP contribution is 2.29. The molecule has 0 aliphatic rings. The summed E-state index contributed by atoms with van der Waals surface area (Å²) in [6.07, 6.45) is 0. The molecule has 3 aromatic carbocycles. The minimum absolute atomic E-state index is 0.130. The van der Waals surface area contributed by atoms with Gasteiger partial charge in [-0.3, -0.25) is 9.59 Å². The normalized spacial score (nSPS) is 10.4. The summed E-state index contributed by atoms with van der Waals surface area (Å²) in [6, 6.07) is 14.7. The predicted molar refractivity (Wildman–Crippen MR) is 107 cm³/mol. The molecule has 3 N–H and O–H groups in total. The molecule has 142 valence electrons. The van der Waals surface area contributed by atoms with Crippen molar-refractivity contribution in [2.45, 2.75) is 6.92 Å². The molecule has 0 heterocycles. The second-order valence-electron chi connectivity index (χ2n) is 6.05. The van der Waals surface area contributed by atoms with Crippen LogP contribution in [-0.4, -0.2) is 16.9 Å². The van der Waals surface area contributed by atoms with E-state index in [0.29, 0.717) is 10.6 Å². The number of amides is 2. The summed E-state index contributed by atoms with van der Waals surface area (Å²) in [5.74, 6) is -2.05. The summed E-state index contributed by atoms with van der Waals surface area (Å²) in [6.45, 7) is 1.71. The molecule has 0 bridgehead atoms. The third-order valence-electron chi connectivity index (χ3n) is 4.08. The Kier molecular flexibility index (Phi) is 5.61. The lowest BCUT2D eigenvalue weighted by molar-refractivity contribution is 0.102. The van der Waals surface area contributed by atoms with Crippen molar-refractivity contribution in [3.05, 3.63) is 88.2 Å². The zero-order valence-corrected chi connectivity index (χ0v) is 15.5. The first-order valence-electron chi connectivity index (χ1n) is 8.32. The number of benzene rings is 3. The van der Waals surface area contributed by atoms with Crippen LogP contribution in [0, 0.1) is 12.7 Å². The van der Waals surface area contributed by atoms with Crippen molar-refractivity contribution in [3.8, 4) is 5.75 Å². The Hall–Kier alpha value is -3.38. The molecule has 5 nitrogen and oxygen atoms in total. The van der Waals surface area contributed by atoms with Gasteiger partial charge in [0.25, 0.3) is 11.8 Å². The van der Waals surface area contributed by atoms with Gasteiger partial charge >= 0.3 is 0 Å². The van der Waals surface area contributed by atoms with E-state index >= 15 is 0 Å². The molecule has 0 saturated carbocycles. The van der Waals surface area contributed by atoms with Crippen LogP contribution in [0.5, 0.6) is 5.75 Å². The maximum Gasteiger partial charge on any atom is 0.258 e. The van der Waals surface area contributed by atoms with Crippen LogP contribution in [0.2, 0.25) is 5.02 Å². The average Bonchev–Trinajstić information content (AvgIpc) is 2.66. The Morgan fingerprint density at radius 3 is 2.36 bits per heavy atom. The second-order valence-corrected chi connectivity index (χ2v) is 6.48. The summed E-state index contributed by atoms with van der Waals surface area (Å²) in [7, 11) is 0. The number of nitrogens with one attached hydrogen (secondary N) is 2. The summed E-state index contributed by atoms with van der Waals surface area (Å²) in [4.78, 5) is 25.2. The van der Waals surface area contributed by atoms with Gasteiger partial charge in [0.1, 0.15) is 11.6 Å². The Morgan fingerprint density at radius 1 is 0.929 bits per heavy atom.